The molecule has 3 fully saturated rings. The van der Waals surface area contributed by atoms with Crippen LogP contribution in [0, 0.1) is 34.0 Å². The molecular formula is C39H67N5O7. The molecule has 290 valence electrons. The largest absolute Gasteiger partial charge is 0.481 e. The quantitative estimate of drug-likeness (QED) is 0.165. The van der Waals surface area contributed by atoms with Crippen LogP contribution in [0.4, 0.5) is 4.79 Å². The Bertz CT molecular complexity index is 1250. The second-order valence-electron chi connectivity index (χ2n) is 17.9. The van der Waals surface area contributed by atoms with Crippen LogP contribution in [0.3, 0.4) is 0 Å². The number of nitrogens with zero attached hydrogens (tertiary/aromatic N) is 1. The number of likely N-dealkylation sites (tertiary alicyclic amines) is 1. The minimum absolute atomic E-state index is 0.0307. The molecule has 1 heterocycles. The van der Waals surface area contributed by atoms with Gasteiger partial charge in [-0.25, -0.2) is 4.79 Å². The summed E-state index contributed by atoms with van der Waals surface area (Å²) in [5, 5.41) is 22.3. The summed E-state index contributed by atoms with van der Waals surface area (Å²) in [6, 6.07) is -3.14. The molecule has 12 heteroatoms. The monoisotopic (exact) mass is 718 g/mol. The van der Waals surface area contributed by atoms with Gasteiger partial charge in [-0.2, -0.15) is 0 Å². The van der Waals surface area contributed by atoms with Crippen LogP contribution in [-0.2, 0) is 24.0 Å². The molecule has 5 N–H and O–H groups in total. The number of hydrogen-bond donors (Lipinski definition) is 5. The number of carboxylic acid groups (broad SMARTS) is 1. The van der Waals surface area contributed by atoms with Gasteiger partial charge in [-0.3, -0.25) is 24.0 Å². The molecule has 0 aromatic rings. The molecule has 12 nitrogen and oxygen atoms in total. The second-order valence-corrected chi connectivity index (χ2v) is 17.9. The fourth-order valence-electron chi connectivity index (χ4n) is 8.53. The fraction of sp³-hybridized carbons (Fsp3) is 0.846. The number of aliphatic carboxylic acids is 1. The van der Waals surface area contributed by atoms with E-state index in [0.29, 0.717) is 44.2 Å². The van der Waals surface area contributed by atoms with Gasteiger partial charge in [0.15, 0.2) is 5.78 Å². The standard InChI is InChI=1S/C39H67N5O7/c1-10-28(37(4,5)6)40-34(48)32(39(35(49)50)18-11-12-19-39)42-33(47)26(23-29(46)44-20-13-14-21-44)22-27(45)31(38(7,8)9)43-36(51)41-30-24(2)16-15-17-25(30)3/h24-26,28,30-32H,10-23H2,1-9H3,(H,40,48)(H,42,47)(H,49,50)(H2,41,43,51). The van der Waals surface area contributed by atoms with Gasteiger partial charge >= 0.3 is 12.0 Å². The van der Waals surface area contributed by atoms with Gasteiger partial charge in [0.25, 0.3) is 0 Å². The van der Waals surface area contributed by atoms with Crippen molar-refractivity contribution in [1.82, 2.24) is 26.2 Å². The first-order valence-corrected chi connectivity index (χ1v) is 19.4. The number of urea groups is 1. The summed E-state index contributed by atoms with van der Waals surface area (Å²) >= 11 is 0. The minimum Gasteiger partial charge on any atom is -0.481 e. The first kappa shape index (κ1) is 42.2. The van der Waals surface area contributed by atoms with Gasteiger partial charge in [0, 0.05) is 38.0 Å². The summed E-state index contributed by atoms with van der Waals surface area (Å²) in [5.41, 5.74) is -2.57. The summed E-state index contributed by atoms with van der Waals surface area (Å²) < 4.78 is 0. The zero-order valence-electron chi connectivity index (χ0n) is 32.8. The lowest BCUT2D eigenvalue weighted by molar-refractivity contribution is -0.155. The van der Waals surface area contributed by atoms with Crippen molar-refractivity contribution < 1.29 is 33.9 Å². The molecule has 6 atom stereocenters. The number of carbonyl (C=O) groups is 6. The number of rotatable bonds is 14. The van der Waals surface area contributed by atoms with Crippen molar-refractivity contribution >= 4 is 35.5 Å². The predicted molar refractivity (Wildman–Crippen MR) is 197 cm³/mol. The summed E-state index contributed by atoms with van der Waals surface area (Å²) in [6.07, 6.45) is 6.41. The highest BCUT2D eigenvalue weighted by molar-refractivity contribution is 5.98. The fourth-order valence-corrected chi connectivity index (χ4v) is 8.53. The smallest absolute Gasteiger partial charge is 0.315 e. The zero-order valence-corrected chi connectivity index (χ0v) is 32.8. The summed E-state index contributed by atoms with van der Waals surface area (Å²) in [7, 11) is 0. The number of carboxylic acids is 1. The van der Waals surface area contributed by atoms with Crippen molar-refractivity contribution in [3.05, 3.63) is 0 Å². The van der Waals surface area contributed by atoms with Gasteiger partial charge in [-0.1, -0.05) is 81.6 Å². The highest BCUT2D eigenvalue weighted by atomic mass is 16.4. The third kappa shape index (κ3) is 10.9. The minimum atomic E-state index is -1.52. The van der Waals surface area contributed by atoms with Crippen molar-refractivity contribution in [1.29, 1.82) is 0 Å². The van der Waals surface area contributed by atoms with Crippen molar-refractivity contribution in [3.8, 4) is 0 Å². The van der Waals surface area contributed by atoms with Crippen LogP contribution in [0.2, 0.25) is 0 Å². The normalized spacial score (nSPS) is 24.5. The maximum atomic E-state index is 14.3. The summed E-state index contributed by atoms with van der Waals surface area (Å²) in [5.74, 6) is -3.72. The molecule has 1 saturated heterocycles. The maximum Gasteiger partial charge on any atom is 0.315 e. The Morgan fingerprint density at radius 2 is 1.33 bits per heavy atom. The van der Waals surface area contributed by atoms with E-state index in [0.717, 1.165) is 32.1 Å². The van der Waals surface area contributed by atoms with Crippen LogP contribution in [0.1, 0.15) is 139 Å². The highest BCUT2D eigenvalue weighted by Crippen LogP contribution is 2.42. The molecule has 51 heavy (non-hydrogen) atoms. The lowest BCUT2D eigenvalue weighted by atomic mass is 9.76. The van der Waals surface area contributed by atoms with Crippen molar-refractivity contribution in [3.63, 3.8) is 0 Å². The predicted octanol–water partition coefficient (Wildman–Crippen LogP) is 5.18. The molecule has 0 spiro atoms. The van der Waals surface area contributed by atoms with Gasteiger partial charge in [0.1, 0.15) is 6.04 Å². The number of amides is 5. The highest BCUT2D eigenvalue weighted by Gasteiger charge is 2.53. The number of hydrogen-bond acceptors (Lipinski definition) is 6. The van der Waals surface area contributed by atoms with Crippen molar-refractivity contribution in [2.45, 2.75) is 164 Å². The van der Waals surface area contributed by atoms with Crippen molar-refractivity contribution in [2.24, 2.45) is 34.0 Å². The first-order chi connectivity index (χ1) is 23.7. The Kier molecular flexibility index (Phi) is 14.5. The lowest BCUT2D eigenvalue weighted by Gasteiger charge is -2.38. The van der Waals surface area contributed by atoms with Crippen LogP contribution in [0.5, 0.6) is 0 Å². The van der Waals surface area contributed by atoms with Gasteiger partial charge in [-0.05, 0) is 67.6 Å². The Morgan fingerprint density at radius 3 is 1.82 bits per heavy atom. The zero-order chi connectivity index (χ0) is 38.3. The third-order valence-corrected chi connectivity index (χ3v) is 11.8. The summed E-state index contributed by atoms with van der Waals surface area (Å²) in [6.45, 7) is 18.8. The van der Waals surface area contributed by atoms with E-state index in [1.54, 1.807) is 4.90 Å². The molecule has 0 aromatic heterocycles. The van der Waals surface area contributed by atoms with Gasteiger partial charge in [-0.15, -0.1) is 0 Å². The van der Waals surface area contributed by atoms with E-state index in [4.69, 9.17) is 0 Å². The topological polar surface area (TPSA) is 174 Å². The van der Waals surface area contributed by atoms with Gasteiger partial charge in [0.2, 0.25) is 17.7 Å². The maximum absolute atomic E-state index is 14.3. The number of ketones is 1. The molecule has 6 unspecified atom stereocenters. The molecule has 2 saturated carbocycles. The van der Waals surface area contributed by atoms with Gasteiger partial charge < -0.3 is 31.3 Å². The molecule has 5 amide bonds. The number of carbonyl (C=O) groups excluding carboxylic acids is 5. The van der Waals surface area contributed by atoms with E-state index in [2.05, 4.69) is 35.1 Å². The SMILES string of the molecule is CCC(NC(=O)C(NC(=O)C(CC(=O)C(NC(=O)NC1C(C)CCCC1C)C(C)(C)C)CC(=O)N1CCCC1)C1(C(=O)O)CCCC1)C(C)(C)C. The van der Waals surface area contributed by atoms with Crippen LogP contribution < -0.4 is 21.3 Å². The van der Waals surface area contributed by atoms with Crippen LogP contribution in [-0.4, -0.2) is 82.8 Å². The molecule has 0 aromatic carbocycles. The van der Waals surface area contributed by atoms with Crippen LogP contribution >= 0.6 is 0 Å². The summed E-state index contributed by atoms with van der Waals surface area (Å²) in [4.78, 5) is 84.0. The molecule has 3 aliphatic rings. The van der Waals surface area contributed by atoms with Crippen LogP contribution in [0.15, 0.2) is 0 Å². The molecule has 0 radical (unpaired) electrons. The molecular weight excluding hydrogens is 650 g/mol. The van der Waals surface area contributed by atoms with E-state index < -0.39 is 58.4 Å². The third-order valence-electron chi connectivity index (χ3n) is 11.8. The van der Waals surface area contributed by atoms with E-state index >= 15 is 0 Å². The average Bonchev–Trinajstić information content (AvgIpc) is 3.75. The Labute approximate surface area is 305 Å². The molecule has 0 bridgehead atoms. The Balaban J connectivity index is 1.92. The second kappa shape index (κ2) is 17.6. The van der Waals surface area contributed by atoms with Crippen molar-refractivity contribution in [2.75, 3.05) is 13.1 Å². The molecule has 3 rings (SSSR count). The van der Waals surface area contributed by atoms with Gasteiger partial charge in [0.05, 0.1) is 17.4 Å². The van der Waals surface area contributed by atoms with E-state index in [1.807, 2.05) is 48.5 Å². The van der Waals surface area contributed by atoms with E-state index in [9.17, 15) is 33.9 Å². The number of Topliss-reactive ketones (excluding diaryl/α,β-unsaturated/α-hetero) is 1. The molecule has 2 aliphatic carbocycles. The van der Waals surface area contributed by atoms with E-state index in [-0.39, 0.29) is 49.1 Å². The Morgan fingerprint density at radius 1 is 0.765 bits per heavy atom. The average molecular weight is 718 g/mol. The molecule has 1 aliphatic heterocycles. The first-order valence-electron chi connectivity index (χ1n) is 19.4. The Hall–Kier alpha value is -3.18. The van der Waals surface area contributed by atoms with E-state index in [1.165, 1.54) is 0 Å². The van der Waals surface area contributed by atoms with Crippen LogP contribution in [0.25, 0.3) is 0 Å². The lowest BCUT2D eigenvalue weighted by Crippen LogP contribution is -2.61. The number of nitrogens with one attached hydrogen (secondary N) is 4.